The Morgan fingerprint density at radius 2 is 2.18 bits per heavy atom. The molecule has 0 unspecified atom stereocenters. The molecular formula is C19H30O3. The zero-order valence-electron chi connectivity index (χ0n) is 14.4. The maximum Gasteiger partial charge on any atom is 0.334 e. The van der Waals surface area contributed by atoms with Gasteiger partial charge in [-0.25, -0.2) is 4.79 Å². The largest absolute Gasteiger partial charge is 0.486 e. The number of hydrogen-bond acceptors (Lipinski definition) is 3. The Hall–Kier alpha value is -1.51. The molecule has 0 spiro atoms. The van der Waals surface area contributed by atoms with E-state index >= 15 is 0 Å². The Bertz CT molecular complexity index is 432. The van der Waals surface area contributed by atoms with Gasteiger partial charge in [0, 0.05) is 0 Å². The number of ether oxygens (including phenoxy) is 2. The lowest BCUT2D eigenvalue weighted by Crippen LogP contribution is -2.10. The maximum atomic E-state index is 11.4. The number of carbonyl (C=O) groups is 1. The standard InChI is InChI=1S/C19H30O3/c1-5-8-9-10-11-15(6-2)12-17-13-16(7-3)18(22-17)14-19(20)21-4/h10-11,13-15,17H,5-9,12H2,1-4H3/t15-,17+/m0/s1. The SMILES string of the molecule is CCCCC=C[C@H](CC)C[C@@H]1C=C(CC)C(=CC(=O)OC)O1. The summed E-state index contributed by atoms with van der Waals surface area (Å²) in [6.45, 7) is 6.49. The summed E-state index contributed by atoms with van der Waals surface area (Å²) < 4.78 is 10.6. The van der Waals surface area contributed by atoms with E-state index in [1.165, 1.54) is 26.0 Å². The topological polar surface area (TPSA) is 35.5 Å². The second kappa shape index (κ2) is 10.3. The van der Waals surface area contributed by atoms with Crippen molar-refractivity contribution in [2.45, 2.75) is 65.4 Å². The average molecular weight is 306 g/mol. The fourth-order valence-electron chi connectivity index (χ4n) is 2.57. The summed E-state index contributed by atoms with van der Waals surface area (Å²) in [5.41, 5.74) is 1.10. The van der Waals surface area contributed by atoms with Crippen LogP contribution in [0.5, 0.6) is 0 Å². The fraction of sp³-hybridized carbons (Fsp3) is 0.632. The number of rotatable bonds is 9. The van der Waals surface area contributed by atoms with Gasteiger partial charge in [0.1, 0.15) is 11.9 Å². The van der Waals surface area contributed by atoms with Crippen LogP contribution in [-0.4, -0.2) is 19.2 Å². The number of allylic oxidation sites excluding steroid dienone is 3. The zero-order chi connectivity index (χ0) is 16.4. The molecule has 0 aromatic rings. The van der Waals surface area contributed by atoms with Crippen molar-refractivity contribution in [1.82, 2.24) is 0 Å². The number of esters is 1. The van der Waals surface area contributed by atoms with Gasteiger partial charge in [-0.15, -0.1) is 0 Å². The molecule has 0 bridgehead atoms. The molecule has 3 nitrogen and oxygen atoms in total. The van der Waals surface area contributed by atoms with E-state index in [2.05, 4.69) is 43.7 Å². The minimum Gasteiger partial charge on any atom is -0.486 e. The molecule has 0 saturated heterocycles. The molecular weight excluding hydrogens is 276 g/mol. The summed E-state index contributed by atoms with van der Waals surface area (Å²) in [5.74, 6) is 0.833. The van der Waals surface area contributed by atoms with Gasteiger partial charge in [0.15, 0.2) is 0 Å². The fourth-order valence-corrected chi connectivity index (χ4v) is 2.57. The van der Waals surface area contributed by atoms with Crippen LogP contribution in [0.1, 0.15) is 59.3 Å². The normalized spacial score (nSPS) is 21.0. The molecule has 0 fully saturated rings. The highest BCUT2D eigenvalue weighted by Crippen LogP contribution is 2.30. The van der Waals surface area contributed by atoms with Crippen LogP contribution in [0.4, 0.5) is 0 Å². The van der Waals surface area contributed by atoms with Crippen molar-refractivity contribution >= 4 is 5.97 Å². The highest BCUT2D eigenvalue weighted by Gasteiger charge is 2.23. The lowest BCUT2D eigenvalue weighted by Gasteiger charge is -2.16. The molecule has 1 aliphatic rings. The van der Waals surface area contributed by atoms with Crippen molar-refractivity contribution in [3.63, 3.8) is 0 Å². The molecule has 3 heteroatoms. The van der Waals surface area contributed by atoms with Gasteiger partial charge in [-0.05, 0) is 43.3 Å². The molecule has 1 heterocycles. The maximum absolute atomic E-state index is 11.4. The lowest BCUT2D eigenvalue weighted by atomic mass is 9.97. The first-order chi connectivity index (χ1) is 10.6. The number of unbranched alkanes of at least 4 members (excludes halogenated alkanes) is 2. The molecule has 124 valence electrons. The van der Waals surface area contributed by atoms with Crippen molar-refractivity contribution in [2.75, 3.05) is 7.11 Å². The van der Waals surface area contributed by atoms with Gasteiger partial charge in [-0.1, -0.05) is 45.8 Å². The number of methoxy groups -OCH3 is 1. The Balaban J connectivity index is 2.62. The van der Waals surface area contributed by atoms with E-state index in [1.54, 1.807) is 0 Å². The van der Waals surface area contributed by atoms with Crippen molar-refractivity contribution in [1.29, 1.82) is 0 Å². The number of hydrogen-bond donors (Lipinski definition) is 0. The highest BCUT2D eigenvalue weighted by molar-refractivity contribution is 5.83. The van der Waals surface area contributed by atoms with Gasteiger partial charge < -0.3 is 9.47 Å². The summed E-state index contributed by atoms with van der Waals surface area (Å²) in [6.07, 6.45) is 14.8. The van der Waals surface area contributed by atoms with E-state index in [9.17, 15) is 4.79 Å². The molecule has 1 aliphatic heterocycles. The third-order valence-corrected chi connectivity index (χ3v) is 4.00. The number of carbonyl (C=O) groups excluding carboxylic acids is 1. The second-order valence-corrected chi connectivity index (χ2v) is 5.71. The van der Waals surface area contributed by atoms with E-state index in [-0.39, 0.29) is 12.1 Å². The van der Waals surface area contributed by atoms with Crippen LogP contribution in [0.3, 0.4) is 0 Å². The van der Waals surface area contributed by atoms with Crippen LogP contribution in [0.2, 0.25) is 0 Å². The van der Waals surface area contributed by atoms with E-state index in [4.69, 9.17) is 4.74 Å². The molecule has 1 rings (SSSR count). The van der Waals surface area contributed by atoms with Crippen molar-refractivity contribution in [2.24, 2.45) is 5.92 Å². The van der Waals surface area contributed by atoms with Crippen LogP contribution in [0.25, 0.3) is 0 Å². The summed E-state index contributed by atoms with van der Waals surface area (Å²) in [6, 6.07) is 0. The highest BCUT2D eigenvalue weighted by atomic mass is 16.5. The van der Waals surface area contributed by atoms with Gasteiger partial charge >= 0.3 is 5.97 Å². The van der Waals surface area contributed by atoms with Gasteiger partial charge in [-0.2, -0.15) is 0 Å². The first kappa shape index (κ1) is 18.5. The lowest BCUT2D eigenvalue weighted by molar-refractivity contribution is -0.135. The first-order valence-electron chi connectivity index (χ1n) is 8.48. The van der Waals surface area contributed by atoms with Crippen LogP contribution in [-0.2, 0) is 14.3 Å². The van der Waals surface area contributed by atoms with Crippen LogP contribution in [0.15, 0.2) is 35.6 Å². The minimum absolute atomic E-state index is 0.0617. The van der Waals surface area contributed by atoms with E-state index in [0.717, 1.165) is 31.3 Å². The molecule has 22 heavy (non-hydrogen) atoms. The van der Waals surface area contributed by atoms with Gasteiger partial charge in [0.25, 0.3) is 0 Å². The first-order valence-corrected chi connectivity index (χ1v) is 8.48. The predicted molar refractivity (Wildman–Crippen MR) is 90.4 cm³/mol. The van der Waals surface area contributed by atoms with E-state index in [0.29, 0.717) is 11.7 Å². The monoisotopic (exact) mass is 306 g/mol. The van der Waals surface area contributed by atoms with E-state index < -0.39 is 0 Å². The van der Waals surface area contributed by atoms with Crippen LogP contribution < -0.4 is 0 Å². The third kappa shape index (κ3) is 6.08. The second-order valence-electron chi connectivity index (χ2n) is 5.71. The van der Waals surface area contributed by atoms with Crippen LogP contribution >= 0.6 is 0 Å². The van der Waals surface area contributed by atoms with Crippen molar-refractivity contribution in [3.05, 3.63) is 35.6 Å². The quantitative estimate of drug-likeness (QED) is 0.262. The molecule has 0 amide bonds. The Morgan fingerprint density at radius 1 is 1.41 bits per heavy atom. The van der Waals surface area contributed by atoms with Gasteiger partial charge in [0.05, 0.1) is 13.2 Å². The zero-order valence-corrected chi connectivity index (χ0v) is 14.4. The van der Waals surface area contributed by atoms with Crippen molar-refractivity contribution < 1.29 is 14.3 Å². The summed E-state index contributed by atoms with van der Waals surface area (Å²) in [5, 5.41) is 0. The molecule has 0 saturated carbocycles. The Labute approximate surface area is 135 Å². The average Bonchev–Trinajstić information content (AvgIpc) is 2.91. The third-order valence-electron chi connectivity index (χ3n) is 4.00. The molecule has 0 radical (unpaired) electrons. The predicted octanol–water partition coefficient (Wildman–Crippen LogP) is 4.94. The molecule has 0 aliphatic carbocycles. The molecule has 2 atom stereocenters. The summed E-state index contributed by atoms with van der Waals surface area (Å²) in [7, 11) is 1.38. The summed E-state index contributed by atoms with van der Waals surface area (Å²) >= 11 is 0. The van der Waals surface area contributed by atoms with Gasteiger partial charge in [0.2, 0.25) is 0 Å². The molecule has 0 aromatic carbocycles. The van der Waals surface area contributed by atoms with Gasteiger partial charge in [-0.3, -0.25) is 0 Å². The van der Waals surface area contributed by atoms with Crippen LogP contribution in [0, 0.1) is 5.92 Å². The van der Waals surface area contributed by atoms with E-state index in [1.807, 2.05) is 0 Å². The Morgan fingerprint density at radius 3 is 2.77 bits per heavy atom. The minimum atomic E-state index is -0.360. The summed E-state index contributed by atoms with van der Waals surface area (Å²) in [4.78, 5) is 11.4. The molecule has 0 aromatic heterocycles. The Kier molecular flexibility index (Phi) is 8.64. The molecule has 0 N–H and O–H groups in total. The van der Waals surface area contributed by atoms with Crippen molar-refractivity contribution in [3.8, 4) is 0 Å². The smallest absolute Gasteiger partial charge is 0.334 e.